The van der Waals surface area contributed by atoms with Crippen LogP contribution in [0.25, 0.3) is 16.7 Å². The fraction of sp³-hybridized carbons (Fsp3) is 0.429. The molecule has 2 unspecified atom stereocenters. The van der Waals surface area contributed by atoms with Crippen molar-refractivity contribution in [3.63, 3.8) is 0 Å². The number of hydrogen-bond donors (Lipinski definition) is 1. The van der Waals surface area contributed by atoms with Crippen molar-refractivity contribution < 1.29 is 27.4 Å². The highest BCUT2D eigenvalue weighted by Crippen LogP contribution is 2.38. The van der Waals surface area contributed by atoms with Crippen molar-refractivity contribution in [3.05, 3.63) is 41.9 Å². The van der Waals surface area contributed by atoms with Crippen LogP contribution in [0, 0.1) is 0 Å². The first-order chi connectivity index (χ1) is 15.1. The highest BCUT2D eigenvalue weighted by Gasteiger charge is 2.41. The minimum Gasteiger partial charge on any atom is -0.378 e. The molecule has 0 spiro atoms. The van der Waals surface area contributed by atoms with Crippen LogP contribution in [0.2, 0.25) is 0 Å². The molecule has 0 radical (unpaired) electrons. The summed E-state index contributed by atoms with van der Waals surface area (Å²) >= 11 is 0. The molecule has 3 aromatic heterocycles. The molecular formula is C21H22F3N5O3. The number of ether oxygens (including phenoxy) is 2. The average molecular weight is 449 g/mol. The van der Waals surface area contributed by atoms with Crippen molar-refractivity contribution >= 4 is 22.6 Å². The van der Waals surface area contributed by atoms with Gasteiger partial charge >= 0.3 is 6.18 Å². The van der Waals surface area contributed by atoms with E-state index < -0.39 is 17.7 Å². The molecule has 2 atom stereocenters. The first-order valence-electron chi connectivity index (χ1n) is 9.98. The average Bonchev–Trinajstić information content (AvgIpc) is 3.38. The van der Waals surface area contributed by atoms with E-state index in [9.17, 15) is 18.0 Å². The Labute approximate surface area is 181 Å². The van der Waals surface area contributed by atoms with E-state index in [1.165, 1.54) is 23.9 Å². The molecule has 1 aliphatic rings. The highest BCUT2D eigenvalue weighted by atomic mass is 19.4. The van der Waals surface area contributed by atoms with Gasteiger partial charge in [0, 0.05) is 44.7 Å². The molecule has 1 saturated heterocycles. The number of halogens is 3. The first kappa shape index (κ1) is 22.2. The summed E-state index contributed by atoms with van der Waals surface area (Å²) in [7, 11) is 1.57. The maximum absolute atomic E-state index is 13.5. The van der Waals surface area contributed by atoms with Gasteiger partial charge in [0.05, 0.1) is 29.4 Å². The summed E-state index contributed by atoms with van der Waals surface area (Å²) in [6, 6.07) is 6.66. The third kappa shape index (κ3) is 3.93. The quantitative estimate of drug-likeness (QED) is 0.639. The number of alkyl halides is 3. The van der Waals surface area contributed by atoms with E-state index in [2.05, 4.69) is 20.4 Å². The van der Waals surface area contributed by atoms with E-state index in [4.69, 9.17) is 9.47 Å². The summed E-state index contributed by atoms with van der Waals surface area (Å²) in [5.74, 6) is -1.66. The van der Waals surface area contributed by atoms with Gasteiger partial charge in [-0.05, 0) is 19.1 Å². The molecule has 3 aromatic rings. The second-order valence-electron chi connectivity index (χ2n) is 7.71. The van der Waals surface area contributed by atoms with Crippen LogP contribution in [0.15, 0.2) is 30.5 Å². The van der Waals surface area contributed by atoms with Crippen molar-refractivity contribution in [3.8, 4) is 5.82 Å². The van der Waals surface area contributed by atoms with Crippen LogP contribution < -0.4 is 5.32 Å². The standard InChI is InChI=1S/C21H22F3N5O3/c1-12(21(22,23)24)19-14-10-25-17(26-13(2)30)9-15(14)29(28-19)18-6-4-5-16(27-18)20(31-3)7-8-32-11-20/h4-6,9-10,12H,7-8,11H2,1-3H3,(H,25,26,30). The Morgan fingerprint density at radius 2 is 2.16 bits per heavy atom. The molecule has 0 aliphatic carbocycles. The molecule has 1 amide bonds. The zero-order valence-electron chi connectivity index (χ0n) is 17.7. The van der Waals surface area contributed by atoms with Gasteiger partial charge in [-0.2, -0.15) is 18.3 Å². The van der Waals surface area contributed by atoms with Gasteiger partial charge in [-0.1, -0.05) is 6.07 Å². The number of amides is 1. The molecule has 4 rings (SSSR count). The van der Waals surface area contributed by atoms with E-state index in [0.29, 0.717) is 36.7 Å². The molecule has 170 valence electrons. The fourth-order valence-corrected chi connectivity index (χ4v) is 3.74. The Balaban J connectivity index is 1.89. The van der Waals surface area contributed by atoms with Crippen molar-refractivity contribution in [1.82, 2.24) is 19.7 Å². The fourth-order valence-electron chi connectivity index (χ4n) is 3.74. The van der Waals surface area contributed by atoms with Crippen LogP contribution in [0.5, 0.6) is 0 Å². The van der Waals surface area contributed by atoms with Gasteiger partial charge in [0.25, 0.3) is 0 Å². The van der Waals surface area contributed by atoms with Crippen molar-refractivity contribution in [2.75, 3.05) is 25.6 Å². The Kier molecular flexibility index (Phi) is 5.63. The Bertz CT molecular complexity index is 1160. The van der Waals surface area contributed by atoms with E-state index in [1.807, 2.05) is 0 Å². The zero-order valence-corrected chi connectivity index (χ0v) is 17.7. The summed E-state index contributed by atoms with van der Waals surface area (Å²) in [6.45, 7) is 3.21. The summed E-state index contributed by atoms with van der Waals surface area (Å²) in [5.41, 5.74) is 0.0327. The van der Waals surface area contributed by atoms with Crippen LogP contribution in [-0.4, -0.2) is 52.2 Å². The molecular weight excluding hydrogens is 427 g/mol. The number of rotatable bonds is 5. The molecule has 11 heteroatoms. The Morgan fingerprint density at radius 1 is 1.38 bits per heavy atom. The smallest absolute Gasteiger partial charge is 0.378 e. The molecule has 1 fully saturated rings. The highest BCUT2D eigenvalue weighted by molar-refractivity contribution is 5.91. The van der Waals surface area contributed by atoms with Gasteiger partial charge in [0.1, 0.15) is 11.4 Å². The minimum atomic E-state index is -4.49. The SMILES string of the molecule is COC1(c2cccc(-n3nc(C(C)C(F)(F)F)c4cnc(NC(C)=O)cc43)n2)CCOC1. The van der Waals surface area contributed by atoms with Gasteiger partial charge in [-0.3, -0.25) is 4.79 Å². The Hall–Kier alpha value is -3.05. The summed E-state index contributed by atoms with van der Waals surface area (Å²) in [6.07, 6.45) is -2.60. The predicted molar refractivity (Wildman–Crippen MR) is 110 cm³/mol. The topological polar surface area (TPSA) is 91.2 Å². The molecule has 0 bridgehead atoms. The third-order valence-corrected chi connectivity index (χ3v) is 5.59. The summed E-state index contributed by atoms with van der Waals surface area (Å²) in [4.78, 5) is 20.2. The lowest BCUT2D eigenvalue weighted by atomic mass is 9.98. The molecule has 4 heterocycles. The number of methoxy groups -OCH3 is 1. The maximum atomic E-state index is 13.5. The number of aromatic nitrogens is 4. The van der Waals surface area contributed by atoms with Crippen LogP contribution in [0.3, 0.4) is 0 Å². The van der Waals surface area contributed by atoms with E-state index in [-0.39, 0.29) is 22.8 Å². The number of nitrogens with zero attached hydrogens (tertiary/aromatic N) is 4. The Morgan fingerprint density at radius 3 is 2.78 bits per heavy atom. The monoisotopic (exact) mass is 449 g/mol. The van der Waals surface area contributed by atoms with Gasteiger partial charge in [-0.15, -0.1) is 0 Å². The number of fused-ring (bicyclic) bond motifs is 1. The molecule has 1 N–H and O–H groups in total. The summed E-state index contributed by atoms with van der Waals surface area (Å²) in [5, 5.41) is 7.04. The first-order valence-corrected chi connectivity index (χ1v) is 9.98. The van der Waals surface area contributed by atoms with Crippen molar-refractivity contribution in [1.29, 1.82) is 0 Å². The van der Waals surface area contributed by atoms with Crippen LogP contribution in [0.1, 0.15) is 37.6 Å². The number of carbonyl (C=O) groups excluding carboxylic acids is 1. The van der Waals surface area contributed by atoms with Crippen LogP contribution in [-0.2, 0) is 19.9 Å². The lowest BCUT2D eigenvalue weighted by Gasteiger charge is -2.25. The number of anilines is 1. The van der Waals surface area contributed by atoms with Crippen LogP contribution >= 0.6 is 0 Å². The van der Waals surface area contributed by atoms with E-state index in [1.54, 1.807) is 25.3 Å². The van der Waals surface area contributed by atoms with E-state index >= 15 is 0 Å². The van der Waals surface area contributed by atoms with Crippen LogP contribution in [0.4, 0.5) is 19.0 Å². The number of hydrogen-bond acceptors (Lipinski definition) is 6. The summed E-state index contributed by atoms with van der Waals surface area (Å²) < 4.78 is 53.1. The maximum Gasteiger partial charge on any atom is 0.397 e. The number of carbonyl (C=O) groups is 1. The van der Waals surface area contributed by atoms with Gasteiger partial charge in [-0.25, -0.2) is 14.6 Å². The molecule has 0 saturated carbocycles. The second-order valence-corrected chi connectivity index (χ2v) is 7.71. The molecule has 32 heavy (non-hydrogen) atoms. The van der Waals surface area contributed by atoms with Crippen molar-refractivity contribution in [2.45, 2.75) is 38.0 Å². The zero-order chi connectivity index (χ0) is 23.1. The molecule has 8 nitrogen and oxygen atoms in total. The van der Waals surface area contributed by atoms with Gasteiger partial charge in [0.2, 0.25) is 5.91 Å². The van der Waals surface area contributed by atoms with Gasteiger partial charge < -0.3 is 14.8 Å². The molecule has 0 aromatic carbocycles. The second kappa shape index (κ2) is 8.14. The lowest BCUT2D eigenvalue weighted by Crippen LogP contribution is -2.30. The minimum absolute atomic E-state index is 0.174. The normalized spacial score (nSPS) is 19.9. The third-order valence-electron chi connectivity index (χ3n) is 5.59. The molecule has 1 aliphatic heterocycles. The number of pyridine rings is 2. The lowest BCUT2D eigenvalue weighted by molar-refractivity contribution is -0.146. The number of nitrogens with one attached hydrogen (secondary N) is 1. The predicted octanol–water partition coefficient (Wildman–Crippen LogP) is 3.70. The van der Waals surface area contributed by atoms with Crippen molar-refractivity contribution in [2.24, 2.45) is 0 Å². The van der Waals surface area contributed by atoms with E-state index in [0.717, 1.165) is 6.92 Å². The van der Waals surface area contributed by atoms with Gasteiger partial charge in [0.15, 0.2) is 5.82 Å². The largest absolute Gasteiger partial charge is 0.397 e.